The third-order valence-corrected chi connectivity index (χ3v) is 3.25. The number of aromatic nitrogens is 2. The Morgan fingerprint density at radius 1 is 1.43 bits per heavy atom. The van der Waals surface area contributed by atoms with Crippen molar-refractivity contribution < 1.29 is 9.90 Å². The summed E-state index contributed by atoms with van der Waals surface area (Å²) in [5, 5.41) is 13.7. The van der Waals surface area contributed by atoms with Crippen LogP contribution in [-0.2, 0) is 11.2 Å². The lowest BCUT2D eigenvalue weighted by Crippen LogP contribution is -2.35. The van der Waals surface area contributed by atoms with Gasteiger partial charge in [-0.15, -0.1) is 0 Å². The summed E-state index contributed by atoms with van der Waals surface area (Å²) in [7, 11) is 3.92. The largest absolute Gasteiger partial charge is 0.480 e. The molecule has 0 saturated carbocycles. The molecule has 6 nitrogen and oxygen atoms in total. The monoisotopic (exact) mass is 295 g/mol. The highest BCUT2D eigenvalue weighted by molar-refractivity contribution is 5.71. The van der Waals surface area contributed by atoms with Gasteiger partial charge in [0.1, 0.15) is 0 Å². The van der Waals surface area contributed by atoms with Gasteiger partial charge in [0.2, 0.25) is 0 Å². The first kappa shape index (κ1) is 17.4. The minimum absolute atomic E-state index is 0.172. The van der Waals surface area contributed by atoms with E-state index < -0.39 is 12.0 Å². The van der Waals surface area contributed by atoms with Crippen LogP contribution in [0.2, 0.25) is 0 Å². The summed E-state index contributed by atoms with van der Waals surface area (Å²) in [6.45, 7) is 6.37. The molecule has 6 heteroatoms. The van der Waals surface area contributed by atoms with Crippen LogP contribution >= 0.6 is 0 Å². The van der Waals surface area contributed by atoms with Crippen LogP contribution in [0.25, 0.3) is 0 Å². The van der Waals surface area contributed by atoms with Gasteiger partial charge in [0.15, 0.2) is 6.04 Å². The van der Waals surface area contributed by atoms with Crippen molar-refractivity contribution in [1.29, 1.82) is 0 Å². The van der Waals surface area contributed by atoms with E-state index in [0.29, 0.717) is 18.4 Å². The Balaban J connectivity index is 3.19. The fraction of sp³-hybridized carbons (Fsp3) is 0.667. The molecule has 0 radical (unpaired) electrons. The molecule has 0 amide bonds. The number of nitrogens with zero attached hydrogens (tertiary/aromatic N) is 3. The number of likely N-dealkylation sites (N-methyl/N-ethyl adjacent to an activating group) is 1. The highest BCUT2D eigenvalue weighted by Crippen LogP contribution is 2.16. The van der Waals surface area contributed by atoms with Gasteiger partial charge in [-0.25, -0.2) is 9.48 Å². The van der Waals surface area contributed by atoms with E-state index in [-0.39, 0.29) is 11.5 Å². The van der Waals surface area contributed by atoms with Crippen molar-refractivity contribution in [2.75, 3.05) is 20.6 Å². The number of hydrogen-bond donors (Lipinski definition) is 1. The van der Waals surface area contributed by atoms with Gasteiger partial charge in [-0.1, -0.05) is 13.8 Å². The maximum absolute atomic E-state index is 12.2. The molecule has 1 unspecified atom stereocenters. The number of aliphatic carboxylic acids is 1. The molecule has 1 atom stereocenters. The van der Waals surface area contributed by atoms with E-state index >= 15 is 0 Å². The molecule has 0 spiro atoms. The van der Waals surface area contributed by atoms with Crippen LogP contribution in [0.1, 0.15) is 37.6 Å². The van der Waals surface area contributed by atoms with Crippen LogP contribution in [0.5, 0.6) is 0 Å². The average Bonchev–Trinajstić information content (AvgIpc) is 2.37. The Bertz CT molecular complexity index is 550. The Labute approximate surface area is 125 Å². The van der Waals surface area contributed by atoms with Gasteiger partial charge in [-0.05, 0) is 39.4 Å². The molecule has 0 fully saturated rings. The first-order chi connectivity index (χ1) is 9.72. The summed E-state index contributed by atoms with van der Waals surface area (Å²) in [5.74, 6) is -0.840. The minimum Gasteiger partial charge on any atom is -0.480 e. The van der Waals surface area contributed by atoms with Crippen molar-refractivity contribution in [1.82, 2.24) is 14.7 Å². The van der Waals surface area contributed by atoms with Crippen molar-refractivity contribution in [3.63, 3.8) is 0 Å². The van der Waals surface area contributed by atoms with Crippen LogP contribution in [0.15, 0.2) is 10.9 Å². The zero-order valence-corrected chi connectivity index (χ0v) is 13.5. The van der Waals surface area contributed by atoms with Crippen LogP contribution in [0.4, 0.5) is 0 Å². The van der Waals surface area contributed by atoms with E-state index in [1.54, 1.807) is 13.0 Å². The molecule has 118 valence electrons. The lowest BCUT2D eigenvalue weighted by molar-refractivity contribution is -0.141. The average molecular weight is 295 g/mol. The van der Waals surface area contributed by atoms with E-state index in [4.69, 9.17) is 0 Å². The quantitative estimate of drug-likeness (QED) is 0.821. The number of carboxylic acid groups (broad SMARTS) is 1. The van der Waals surface area contributed by atoms with Gasteiger partial charge in [0.05, 0.1) is 5.69 Å². The topological polar surface area (TPSA) is 75.4 Å². The third-order valence-electron chi connectivity index (χ3n) is 3.25. The van der Waals surface area contributed by atoms with Crippen LogP contribution in [-0.4, -0.2) is 46.4 Å². The highest BCUT2D eigenvalue weighted by atomic mass is 16.4. The molecular weight excluding hydrogens is 270 g/mol. The van der Waals surface area contributed by atoms with Crippen LogP contribution in [0.3, 0.4) is 0 Å². The molecule has 1 aromatic rings. The van der Waals surface area contributed by atoms with Crippen LogP contribution in [0, 0.1) is 12.8 Å². The summed E-state index contributed by atoms with van der Waals surface area (Å²) >= 11 is 0. The molecule has 0 saturated heterocycles. The number of carboxylic acids is 1. The van der Waals surface area contributed by atoms with Crippen molar-refractivity contribution in [2.45, 2.75) is 39.7 Å². The lowest BCUT2D eigenvalue weighted by Gasteiger charge is -2.18. The Kier molecular flexibility index (Phi) is 6.08. The van der Waals surface area contributed by atoms with Gasteiger partial charge in [0, 0.05) is 18.5 Å². The lowest BCUT2D eigenvalue weighted by atomic mass is 10.0. The first-order valence-corrected chi connectivity index (χ1v) is 7.19. The molecule has 0 aliphatic rings. The molecule has 0 aromatic carbocycles. The van der Waals surface area contributed by atoms with Gasteiger partial charge in [0.25, 0.3) is 5.56 Å². The summed E-state index contributed by atoms with van der Waals surface area (Å²) in [6, 6.07) is 0.840. The molecule has 0 aliphatic carbocycles. The minimum atomic E-state index is -1.01. The summed E-state index contributed by atoms with van der Waals surface area (Å²) in [4.78, 5) is 25.7. The molecule has 0 aliphatic heterocycles. The first-order valence-electron chi connectivity index (χ1n) is 7.19. The molecule has 21 heavy (non-hydrogen) atoms. The molecule has 1 N–H and O–H groups in total. The smallest absolute Gasteiger partial charge is 0.328 e. The molecule has 1 heterocycles. The SMILES string of the molecule is Cc1cc(CCN(C)C)nn(C(CC(C)C)C(=O)O)c1=O. The number of aryl methyl sites for hydroxylation is 1. The van der Waals surface area contributed by atoms with Crippen LogP contribution < -0.4 is 5.56 Å². The number of carbonyl (C=O) groups is 1. The summed E-state index contributed by atoms with van der Waals surface area (Å²) in [5.41, 5.74) is 0.959. The van der Waals surface area contributed by atoms with E-state index in [2.05, 4.69) is 5.10 Å². The van der Waals surface area contributed by atoms with Gasteiger partial charge in [-0.2, -0.15) is 5.10 Å². The van der Waals surface area contributed by atoms with Gasteiger partial charge >= 0.3 is 5.97 Å². The summed E-state index contributed by atoms with van der Waals surface area (Å²) < 4.78 is 1.14. The number of rotatable bonds is 7. The predicted molar refractivity (Wildman–Crippen MR) is 81.6 cm³/mol. The van der Waals surface area contributed by atoms with Crippen molar-refractivity contribution in [3.8, 4) is 0 Å². The van der Waals surface area contributed by atoms with Gasteiger partial charge in [-0.3, -0.25) is 4.79 Å². The zero-order chi connectivity index (χ0) is 16.2. The highest BCUT2D eigenvalue weighted by Gasteiger charge is 2.24. The second-order valence-corrected chi connectivity index (χ2v) is 6.11. The maximum Gasteiger partial charge on any atom is 0.328 e. The Hall–Kier alpha value is -1.69. The molecule has 1 aromatic heterocycles. The normalized spacial score (nSPS) is 12.9. The van der Waals surface area contributed by atoms with Crippen molar-refractivity contribution in [3.05, 3.63) is 27.7 Å². The fourth-order valence-electron chi connectivity index (χ4n) is 2.13. The second-order valence-electron chi connectivity index (χ2n) is 6.11. The Morgan fingerprint density at radius 3 is 2.52 bits per heavy atom. The standard InChI is InChI=1S/C15H25N3O3/c1-10(2)8-13(15(20)21)18-14(19)11(3)9-12(16-18)6-7-17(4)5/h9-10,13H,6-8H2,1-5H3,(H,20,21). The number of hydrogen-bond acceptors (Lipinski definition) is 4. The third kappa shape index (κ3) is 4.97. The zero-order valence-electron chi connectivity index (χ0n) is 13.5. The molecule has 1 rings (SSSR count). The Morgan fingerprint density at radius 2 is 2.05 bits per heavy atom. The van der Waals surface area contributed by atoms with E-state index in [1.807, 2.05) is 32.8 Å². The fourth-order valence-corrected chi connectivity index (χ4v) is 2.13. The van der Waals surface area contributed by atoms with E-state index in [1.165, 1.54) is 0 Å². The molecule has 0 bridgehead atoms. The van der Waals surface area contributed by atoms with Gasteiger partial charge < -0.3 is 10.0 Å². The predicted octanol–water partition coefficient (Wildman–Crippen LogP) is 1.33. The summed E-state index contributed by atoms with van der Waals surface area (Å²) in [6.07, 6.45) is 1.07. The maximum atomic E-state index is 12.2. The van der Waals surface area contributed by atoms with E-state index in [0.717, 1.165) is 16.9 Å². The van der Waals surface area contributed by atoms with E-state index in [9.17, 15) is 14.7 Å². The second kappa shape index (κ2) is 7.36. The van der Waals surface area contributed by atoms with Crippen molar-refractivity contribution >= 4 is 5.97 Å². The molecular formula is C15H25N3O3. The van der Waals surface area contributed by atoms with Crippen molar-refractivity contribution in [2.24, 2.45) is 5.92 Å².